The molecule has 0 saturated heterocycles. The Kier molecular flexibility index (Phi) is 4.42. The van der Waals surface area contributed by atoms with Crippen molar-refractivity contribution in [2.75, 3.05) is 0 Å². The molecule has 1 amide bonds. The van der Waals surface area contributed by atoms with Crippen molar-refractivity contribution >= 4 is 11.9 Å². The van der Waals surface area contributed by atoms with E-state index in [1.807, 2.05) is 13.8 Å². The van der Waals surface area contributed by atoms with E-state index in [-0.39, 0.29) is 11.5 Å². The van der Waals surface area contributed by atoms with Crippen LogP contribution in [0.2, 0.25) is 0 Å². The van der Waals surface area contributed by atoms with Gasteiger partial charge in [-0.1, -0.05) is 19.1 Å². The lowest BCUT2D eigenvalue weighted by Gasteiger charge is -2.04. The zero-order valence-corrected chi connectivity index (χ0v) is 12.0. The molecule has 0 unspecified atom stereocenters. The predicted molar refractivity (Wildman–Crippen MR) is 77.4 cm³/mol. The Morgan fingerprint density at radius 1 is 1.24 bits per heavy atom. The molecule has 0 aliphatic rings. The van der Waals surface area contributed by atoms with Gasteiger partial charge < -0.3 is 14.8 Å². The Balaban J connectivity index is 1.98. The smallest absolute Gasteiger partial charge is 0.335 e. The van der Waals surface area contributed by atoms with Gasteiger partial charge in [-0.3, -0.25) is 4.79 Å². The summed E-state index contributed by atoms with van der Waals surface area (Å²) in [6, 6.07) is 8.09. The van der Waals surface area contributed by atoms with Gasteiger partial charge in [0.15, 0.2) is 5.76 Å². The third-order valence-corrected chi connectivity index (χ3v) is 3.22. The van der Waals surface area contributed by atoms with E-state index in [9.17, 15) is 9.59 Å². The molecule has 5 heteroatoms. The Labute approximate surface area is 122 Å². The van der Waals surface area contributed by atoms with Crippen LogP contribution in [0.3, 0.4) is 0 Å². The maximum Gasteiger partial charge on any atom is 0.335 e. The van der Waals surface area contributed by atoms with Crippen molar-refractivity contribution in [1.29, 1.82) is 0 Å². The predicted octanol–water partition coefficient (Wildman–Crippen LogP) is 2.78. The zero-order valence-electron chi connectivity index (χ0n) is 12.0. The average Bonchev–Trinajstić information content (AvgIpc) is 2.86. The summed E-state index contributed by atoms with van der Waals surface area (Å²) < 4.78 is 5.47. The number of furan rings is 1. The molecule has 0 aliphatic heterocycles. The van der Waals surface area contributed by atoms with E-state index in [0.717, 1.165) is 23.3 Å². The molecule has 2 N–H and O–H groups in total. The molecule has 1 aromatic heterocycles. The number of carboxylic acid groups (broad SMARTS) is 1. The molecule has 1 aromatic carbocycles. The van der Waals surface area contributed by atoms with E-state index in [4.69, 9.17) is 9.52 Å². The van der Waals surface area contributed by atoms with Gasteiger partial charge in [0.05, 0.1) is 5.56 Å². The Morgan fingerprint density at radius 2 is 1.90 bits per heavy atom. The van der Waals surface area contributed by atoms with Crippen molar-refractivity contribution in [3.63, 3.8) is 0 Å². The fourth-order valence-electron chi connectivity index (χ4n) is 2.02. The highest BCUT2D eigenvalue weighted by atomic mass is 16.4. The second-order valence-corrected chi connectivity index (χ2v) is 4.76. The molecule has 0 fully saturated rings. The number of carbonyl (C=O) groups is 2. The number of rotatable bonds is 5. The summed E-state index contributed by atoms with van der Waals surface area (Å²) in [6.45, 7) is 4.20. The largest absolute Gasteiger partial charge is 0.478 e. The van der Waals surface area contributed by atoms with Crippen LogP contribution in [0.1, 0.15) is 44.7 Å². The van der Waals surface area contributed by atoms with E-state index in [2.05, 4.69) is 5.32 Å². The van der Waals surface area contributed by atoms with Gasteiger partial charge in [0.1, 0.15) is 5.76 Å². The Morgan fingerprint density at radius 3 is 2.43 bits per heavy atom. The lowest BCUT2D eigenvalue weighted by molar-refractivity contribution is 0.0696. The van der Waals surface area contributed by atoms with Gasteiger partial charge in [-0.15, -0.1) is 0 Å². The standard InChI is InChI=1S/C16H17NO4/c1-3-13-10(2)8-14(21-13)15(18)17-9-11-4-6-12(7-5-11)16(19)20/h4-8H,3,9H2,1-2H3,(H,17,18)(H,19,20). The second-order valence-electron chi connectivity index (χ2n) is 4.76. The molecule has 0 aliphatic carbocycles. The molecule has 110 valence electrons. The number of benzene rings is 1. The fraction of sp³-hybridized carbons (Fsp3) is 0.250. The summed E-state index contributed by atoms with van der Waals surface area (Å²) in [6.07, 6.45) is 0.746. The monoisotopic (exact) mass is 287 g/mol. The molecule has 0 saturated carbocycles. The first-order valence-corrected chi connectivity index (χ1v) is 6.71. The van der Waals surface area contributed by atoms with Gasteiger partial charge in [-0.05, 0) is 36.2 Å². The molecular formula is C16H17NO4. The number of carbonyl (C=O) groups excluding carboxylic acids is 1. The van der Waals surface area contributed by atoms with Crippen LogP contribution >= 0.6 is 0 Å². The van der Waals surface area contributed by atoms with E-state index in [0.29, 0.717) is 12.3 Å². The minimum absolute atomic E-state index is 0.222. The number of hydrogen-bond donors (Lipinski definition) is 2. The SMILES string of the molecule is CCc1oc(C(=O)NCc2ccc(C(=O)O)cc2)cc1C. The van der Waals surface area contributed by atoms with Gasteiger partial charge in [0.25, 0.3) is 5.91 Å². The van der Waals surface area contributed by atoms with Gasteiger partial charge in [0.2, 0.25) is 0 Å². The first-order chi connectivity index (χ1) is 10.0. The van der Waals surface area contributed by atoms with E-state index in [1.54, 1.807) is 18.2 Å². The van der Waals surface area contributed by atoms with E-state index < -0.39 is 5.97 Å². The molecule has 5 nitrogen and oxygen atoms in total. The van der Waals surface area contributed by atoms with E-state index >= 15 is 0 Å². The Bertz CT molecular complexity index is 655. The Hall–Kier alpha value is -2.56. The van der Waals surface area contributed by atoms with Crippen molar-refractivity contribution in [3.05, 3.63) is 58.5 Å². The highest BCUT2D eigenvalue weighted by molar-refractivity contribution is 5.91. The summed E-state index contributed by atoms with van der Waals surface area (Å²) in [5.41, 5.74) is 2.01. The van der Waals surface area contributed by atoms with Crippen molar-refractivity contribution in [2.45, 2.75) is 26.8 Å². The van der Waals surface area contributed by atoms with Crippen LogP contribution in [0.15, 0.2) is 34.7 Å². The first kappa shape index (κ1) is 14.8. The minimum Gasteiger partial charge on any atom is -0.478 e. The normalized spacial score (nSPS) is 10.4. The lowest BCUT2D eigenvalue weighted by atomic mass is 10.1. The lowest BCUT2D eigenvalue weighted by Crippen LogP contribution is -2.22. The van der Waals surface area contributed by atoms with Gasteiger partial charge >= 0.3 is 5.97 Å². The summed E-state index contributed by atoms with van der Waals surface area (Å²) >= 11 is 0. The van der Waals surface area contributed by atoms with Crippen molar-refractivity contribution in [1.82, 2.24) is 5.32 Å². The molecule has 21 heavy (non-hydrogen) atoms. The fourth-order valence-corrected chi connectivity index (χ4v) is 2.02. The molecular weight excluding hydrogens is 270 g/mol. The molecule has 2 aromatic rings. The van der Waals surface area contributed by atoms with E-state index in [1.165, 1.54) is 12.1 Å². The molecule has 0 bridgehead atoms. The van der Waals surface area contributed by atoms with Crippen LogP contribution in [0.25, 0.3) is 0 Å². The van der Waals surface area contributed by atoms with Gasteiger partial charge in [0, 0.05) is 13.0 Å². The zero-order chi connectivity index (χ0) is 15.4. The maximum absolute atomic E-state index is 12.0. The van der Waals surface area contributed by atoms with Crippen molar-refractivity contribution in [2.24, 2.45) is 0 Å². The highest BCUT2D eigenvalue weighted by Gasteiger charge is 2.13. The van der Waals surface area contributed by atoms with Crippen LogP contribution in [0, 0.1) is 6.92 Å². The third-order valence-electron chi connectivity index (χ3n) is 3.22. The van der Waals surface area contributed by atoms with Crippen molar-refractivity contribution in [3.8, 4) is 0 Å². The first-order valence-electron chi connectivity index (χ1n) is 6.71. The van der Waals surface area contributed by atoms with Gasteiger partial charge in [-0.2, -0.15) is 0 Å². The molecule has 1 heterocycles. The van der Waals surface area contributed by atoms with Crippen LogP contribution < -0.4 is 5.32 Å². The molecule has 2 rings (SSSR count). The average molecular weight is 287 g/mol. The summed E-state index contributed by atoms with van der Waals surface area (Å²) in [5.74, 6) is -0.138. The number of amides is 1. The summed E-state index contributed by atoms with van der Waals surface area (Å²) in [7, 11) is 0. The summed E-state index contributed by atoms with van der Waals surface area (Å²) in [5, 5.41) is 11.6. The molecule has 0 spiro atoms. The van der Waals surface area contributed by atoms with Crippen molar-refractivity contribution < 1.29 is 19.1 Å². The number of carboxylic acids is 1. The summed E-state index contributed by atoms with van der Waals surface area (Å²) in [4.78, 5) is 22.7. The second kappa shape index (κ2) is 6.26. The van der Waals surface area contributed by atoms with Gasteiger partial charge in [-0.25, -0.2) is 4.79 Å². The number of hydrogen-bond acceptors (Lipinski definition) is 3. The number of aromatic carboxylic acids is 1. The van der Waals surface area contributed by atoms with Crippen LogP contribution in [-0.4, -0.2) is 17.0 Å². The third kappa shape index (κ3) is 3.51. The molecule has 0 atom stereocenters. The number of nitrogens with one attached hydrogen (secondary N) is 1. The van der Waals surface area contributed by atoms with Crippen LogP contribution in [0.5, 0.6) is 0 Å². The topological polar surface area (TPSA) is 79.5 Å². The maximum atomic E-state index is 12.0. The molecule has 0 radical (unpaired) electrons. The minimum atomic E-state index is -0.969. The van der Waals surface area contributed by atoms with Crippen LogP contribution in [0.4, 0.5) is 0 Å². The highest BCUT2D eigenvalue weighted by Crippen LogP contribution is 2.15. The number of aryl methyl sites for hydroxylation is 2. The van der Waals surface area contributed by atoms with Crippen LogP contribution in [-0.2, 0) is 13.0 Å². The quantitative estimate of drug-likeness (QED) is 0.886.